The zero-order valence-corrected chi connectivity index (χ0v) is 10.9. The molecule has 0 spiro atoms. The molecule has 0 atom stereocenters. The minimum Gasteiger partial charge on any atom is -0.399 e. The maximum atomic E-state index is 5.81. The van der Waals surface area contributed by atoms with Crippen LogP contribution in [0.4, 0.5) is 5.69 Å². The van der Waals surface area contributed by atoms with Gasteiger partial charge in [-0.25, -0.2) is 0 Å². The molecule has 0 unspecified atom stereocenters. The molecule has 5 heteroatoms. The smallest absolute Gasteiger partial charge is 0.258 e. The maximum absolute atomic E-state index is 5.81. The van der Waals surface area contributed by atoms with E-state index in [4.69, 9.17) is 15.0 Å². The quantitative estimate of drug-likeness (QED) is 0.839. The molecule has 19 heavy (non-hydrogen) atoms. The van der Waals surface area contributed by atoms with Gasteiger partial charge in [-0.3, -0.25) is 0 Å². The molecule has 0 radical (unpaired) electrons. The Hall–Kier alpha value is -1.88. The van der Waals surface area contributed by atoms with Crippen LogP contribution in [-0.4, -0.2) is 23.4 Å². The Balaban J connectivity index is 1.89. The fraction of sp³-hybridized carbons (Fsp3) is 0.429. The van der Waals surface area contributed by atoms with E-state index in [9.17, 15) is 0 Å². The van der Waals surface area contributed by atoms with Crippen molar-refractivity contribution < 1.29 is 9.26 Å². The molecule has 1 aliphatic rings. The number of ether oxygens (including phenoxy) is 1. The molecule has 2 aromatic rings. The van der Waals surface area contributed by atoms with Crippen LogP contribution in [0.1, 0.15) is 30.1 Å². The Morgan fingerprint density at radius 2 is 2.05 bits per heavy atom. The van der Waals surface area contributed by atoms with Crippen LogP contribution in [0.3, 0.4) is 0 Å². The van der Waals surface area contributed by atoms with Gasteiger partial charge < -0.3 is 15.0 Å². The van der Waals surface area contributed by atoms with Crippen molar-refractivity contribution in [3.63, 3.8) is 0 Å². The summed E-state index contributed by atoms with van der Waals surface area (Å²) < 4.78 is 10.7. The number of rotatable bonds is 2. The Bertz CT molecular complexity index is 574. The molecule has 100 valence electrons. The van der Waals surface area contributed by atoms with E-state index in [0.717, 1.165) is 43.0 Å². The highest BCUT2D eigenvalue weighted by Crippen LogP contribution is 2.28. The SMILES string of the molecule is Cc1ccc(N)cc1-c1nc(C2CCOCC2)no1. The predicted molar refractivity (Wildman–Crippen MR) is 71.7 cm³/mol. The zero-order valence-electron chi connectivity index (χ0n) is 10.9. The second kappa shape index (κ2) is 5.01. The van der Waals surface area contributed by atoms with Crippen molar-refractivity contribution in [2.24, 2.45) is 0 Å². The Morgan fingerprint density at radius 3 is 2.84 bits per heavy atom. The van der Waals surface area contributed by atoms with Crippen LogP contribution >= 0.6 is 0 Å². The third-order valence-corrected chi connectivity index (χ3v) is 3.52. The van der Waals surface area contributed by atoms with Gasteiger partial charge in [-0.05, 0) is 37.5 Å². The fourth-order valence-electron chi connectivity index (χ4n) is 2.34. The second-order valence-corrected chi connectivity index (χ2v) is 4.92. The van der Waals surface area contributed by atoms with Crippen LogP contribution in [-0.2, 0) is 4.74 Å². The monoisotopic (exact) mass is 259 g/mol. The molecule has 0 amide bonds. The summed E-state index contributed by atoms with van der Waals surface area (Å²) in [6, 6.07) is 5.70. The highest BCUT2D eigenvalue weighted by atomic mass is 16.5. The van der Waals surface area contributed by atoms with E-state index in [1.807, 2.05) is 25.1 Å². The molecule has 1 aromatic carbocycles. The van der Waals surface area contributed by atoms with Gasteiger partial charge >= 0.3 is 0 Å². The van der Waals surface area contributed by atoms with Crippen molar-refractivity contribution in [2.75, 3.05) is 18.9 Å². The molecule has 1 saturated heterocycles. The number of aryl methyl sites for hydroxylation is 1. The predicted octanol–water partition coefficient (Wildman–Crippen LogP) is 2.52. The third kappa shape index (κ3) is 2.46. The summed E-state index contributed by atoms with van der Waals surface area (Å²) in [6.07, 6.45) is 1.91. The molecule has 1 aliphatic heterocycles. The number of hydrogen-bond donors (Lipinski definition) is 1. The summed E-state index contributed by atoms with van der Waals surface area (Å²) in [5.74, 6) is 1.67. The lowest BCUT2D eigenvalue weighted by atomic mass is 10.00. The first-order valence-corrected chi connectivity index (χ1v) is 6.52. The van der Waals surface area contributed by atoms with Crippen LogP contribution in [0.15, 0.2) is 22.7 Å². The van der Waals surface area contributed by atoms with E-state index in [1.54, 1.807) is 0 Å². The topological polar surface area (TPSA) is 74.2 Å². The number of anilines is 1. The Labute approximate surface area is 111 Å². The number of hydrogen-bond acceptors (Lipinski definition) is 5. The van der Waals surface area contributed by atoms with Crippen molar-refractivity contribution in [1.29, 1.82) is 0 Å². The number of nitrogens with two attached hydrogens (primary N) is 1. The summed E-state index contributed by atoms with van der Waals surface area (Å²) in [5.41, 5.74) is 8.50. The van der Waals surface area contributed by atoms with Crippen molar-refractivity contribution in [3.05, 3.63) is 29.6 Å². The standard InChI is InChI=1S/C14H17N3O2/c1-9-2-3-11(15)8-12(9)14-16-13(17-19-14)10-4-6-18-7-5-10/h2-3,8,10H,4-7,15H2,1H3. The fourth-order valence-corrected chi connectivity index (χ4v) is 2.34. The first-order chi connectivity index (χ1) is 9.24. The lowest BCUT2D eigenvalue weighted by Gasteiger charge is -2.18. The van der Waals surface area contributed by atoms with Gasteiger partial charge in [0.1, 0.15) is 0 Å². The summed E-state index contributed by atoms with van der Waals surface area (Å²) >= 11 is 0. The van der Waals surface area contributed by atoms with Gasteiger partial charge in [-0.2, -0.15) is 4.98 Å². The number of nitrogens with zero attached hydrogens (tertiary/aromatic N) is 2. The average molecular weight is 259 g/mol. The summed E-state index contributed by atoms with van der Waals surface area (Å²) in [5, 5.41) is 4.10. The van der Waals surface area contributed by atoms with Crippen LogP contribution in [0.2, 0.25) is 0 Å². The largest absolute Gasteiger partial charge is 0.399 e. The first-order valence-electron chi connectivity index (χ1n) is 6.52. The molecule has 3 rings (SSSR count). The molecule has 2 heterocycles. The van der Waals surface area contributed by atoms with Gasteiger partial charge in [0.05, 0.1) is 0 Å². The van der Waals surface area contributed by atoms with E-state index in [1.165, 1.54) is 0 Å². The summed E-state index contributed by atoms with van der Waals surface area (Å²) in [6.45, 7) is 3.55. The van der Waals surface area contributed by atoms with Crippen molar-refractivity contribution in [3.8, 4) is 11.5 Å². The molecule has 0 aliphatic carbocycles. The highest BCUT2D eigenvalue weighted by Gasteiger charge is 2.22. The van der Waals surface area contributed by atoms with Crippen LogP contribution in [0, 0.1) is 6.92 Å². The minimum absolute atomic E-state index is 0.340. The summed E-state index contributed by atoms with van der Waals surface area (Å²) in [7, 11) is 0. The minimum atomic E-state index is 0.340. The third-order valence-electron chi connectivity index (χ3n) is 3.52. The van der Waals surface area contributed by atoms with Crippen LogP contribution < -0.4 is 5.73 Å². The van der Waals surface area contributed by atoms with Gasteiger partial charge in [-0.15, -0.1) is 0 Å². The zero-order chi connectivity index (χ0) is 13.2. The normalized spacial score (nSPS) is 16.7. The van der Waals surface area contributed by atoms with Gasteiger partial charge in [0, 0.05) is 30.4 Å². The van der Waals surface area contributed by atoms with E-state index in [2.05, 4.69) is 10.1 Å². The van der Waals surface area contributed by atoms with Crippen molar-refractivity contribution in [2.45, 2.75) is 25.7 Å². The van der Waals surface area contributed by atoms with E-state index in [0.29, 0.717) is 17.5 Å². The second-order valence-electron chi connectivity index (χ2n) is 4.92. The molecule has 1 fully saturated rings. The lowest BCUT2D eigenvalue weighted by Crippen LogP contribution is -2.15. The molecule has 0 bridgehead atoms. The van der Waals surface area contributed by atoms with Crippen molar-refractivity contribution in [1.82, 2.24) is 10.1 Å². The average Bonchev–Trinajstić information content (AvgIpc) is 2.92. The van der Waals surface area contributed by atoms with Crippen molar-refractivity contribution >= 4 is 5.69 Å². The molecular formula is C14H17N3O2. The van der Waals surface area contributed by atoms with Gasteiger partial charge in [-0.1, -0.05) is 11.2 Å². The molecule has 1 aromatic heterocycles. The van der Waals surface area contributed by atoms with Gasteiger partial charge in [0.25, 0.3) is 5.89 Å². The van der Waals surface area contributed by atoms with E-state index in [-0.39, 0.29) is 0 Å². The Morgan fingerprint density at radius 1 is 1.26 bits per heavy atom. The van der Waals surface area contributed by atoms with E-state index < -0.39 is 0 Å². The summed E-state index contributed by atoms with van der Waals surface area (Å²) in [4.78, 5) is 4.52. The number of aromatic nitrogens is 2. The number of benzene rings is 1. The maximum Gasteiger partial charge on any atom is 0.258 e. The lowest BCUT2D eigenvalue weighted by molar-refractivity contribution is 0.0830. The Kier molecular flexibility index (Phi) is 3.21. The highest BCUT2D eigenvalue weighted by molar-refractivity contribution is 5.63. The van der Waals surface area contributed by atoms with Crippen LogP contribution in [0.25, 0.3) is 11.5 Å². The number of nitrogen functional groups attached to an aromatic ring is 1. The van der Waals surface area contributed by atoms with Gasteiger partial charge in [0.2, 0.25) is 0 Å². The molecular weight excluding hydrogens is 242 g/mol. The molecule has 0 saturated carbocycles. The van der Waals surface area contributed by atoms with Gasteiger partial charge in [0.15, 0.2) is 5.82 Å². The first kappa shape index (κ1) is 12.2. The van der Waals surface area contributed by atoms with Crippen LogP contribution in [0.5, 0.6) is 0 Å². The molecule has 2 N–H and O–H groups in total. The van der Waals surface area contributed by atoms with E-state index >= 15 is 0 Å². The molecule has 5 nitrogen and oxygen atoms in total.